The van der Waals surface area contributed by atoms with E-state index in [9.17, 15) is 21.6 Å². The molecular weight excluding hydrogens is 442 g/mol. The lowest BCUT2D eigenvalue weighted by Crippen LogP contribution is -2.35. The molecule has 31 heavy (non-hydrogen) atoms. The minimum Gasteiger partial charge on any atom is -0.497 e. The maximum absolute atomic E-state index is 12.4. The van der Waals surface area contributed by atoms with Crippen LogP contribution < -0.4 is 19.1 Å². The van der Waals surface area contributed by atoms with Gasteiger partial charge in [0.1, 0.15) is 5.75 Å². The second-order valence-corrected chi connectivity index (χ2v) is 10.9. The fourth-order valence-corrected chi connectivity index (χ4v) is 5.85. The topological polar surface area (TPSA) is 122 Å². The standard InChI is InChI=1S/C20H25N3O6S2/c1-14-12-16-13-15(4-9-19(16)23(14)30(3,25)26)20(24)21-10-11-22-31(27,28)18-7-5-17(29-2)6-8-18/h4-9,13-14,22H,10-12H2,1-3H3,(H,21,24). The number of methoxy groups -OCH3 is 1. The van der Waals surface area contributed by atoms with Gasteiger partial charge in [-0.05, 0) is 61.4 Å². The Morgan fingerprint density at radius 3 is 2.39 bits per heavy atom. The zero-order valence-electron chi connectivity index (χ0n) is 17.5. The summed E-state index contributed by atoms with van der Waals surface area (Å²) in [5.74, 6) is 0.187. The summed E-state index contributed by atoms with van der Waals surface area (Å²) in [5, 5.41) is 2.67. The lowest BCUT2D eigenvalue weighted by Gasteiger charge is -2.21. The van der Waals surface area contributed by atoms with Gasteiger partial charge in [0.2, 0.25) is 20.0 Å². The van der Waals surface area contributed by atoms with Gasteiger partial charge in [-0.3, -0.25) is 9.10 Å². The van der Waals surface area contributed by atoms with Crippen LogP contribution >= 0.6 is 0 Å². The number of nitrogens with zero attached hydrogens (tertiary/aromatic N) is 1. The molecule has 0 bridgehead atoms. The zero-order chi connectivity index (χ0) is 22.8. The maximum atomic E-state index is 12.4. The van der Waals surface area contributed by atoms with Crippen molar-refractivity contribution in [3.63, 3.8) is 0 Å². The molecule has 3 rings (SSSR count). The molecule has 0 aliphatic carbocycles. The van der Waals surface area contributed by atoms with Crippen LogP contribution in [0.15, 0.2) is 47.4 Å². The molecular formula is C20H25N3O6S2. The van der Waals surface area contributed by atoms with Crippen molar-refractivity contribution in [2.24, 2.45) is 0 Å². The first kappa shape index (κ1) is 23.0. The van der Waals surface area contributed by atoms with Crippen LogP contribution in [0.2, 0.25) is 0 Å². The number of benzene rings is 2. The Kier molecular flexibility index (Phi) is 6.58. The Bertz CT molecular complexity index is 1180. The second kappa shape index (κ2) is 8.85. The predicted octanol–water partition coefficient (Wildman–Crippen LogP) is 1.11. The van der Waals surface area contributed by atoms with E-state index in [-0.39, 0.29) is 29.9 Å². The first-order valence-corrected chi connectivity index (χ1v) is 12.9. The zero-order valence-corrected chi connectivity index (χ0v) is 19.1. The highest BCUT2D eigenvalue weighted by Gasteiger charge is 2.32. The van der Waals surface area contributed by atoms with E-state index in [1.165, 1.54) is 23.5 Å². The Morgan fingerprint density at radius 1 is 1.10 bits per heavy atom. The molecule has 1 heterocycles. The summed E-state index contributed by atoms with van der Waals surface area (Å²) in [6.45, 7) is 1.93. The smallest absolute Gasteiger partial charge is 0.251 e. The highest BCUT2D eigenvalue weighted by atomic mass is 32.2. The second-order valence-electron chi connectivity index (χ2n) is 7.28. The van der Waals surface area contributed by atoms with Gasteiger partial charge in [0.05, 0.1) is 23.9 Å². The Hall–Kier alpha value is -2.63. The highest BCUT2D eigenvalue weighted by Crippen LogP contribution is 2.34. The van der Waals surface area contributed by atoms with Gasteiger partial charge in [0.25, 0.3) is 5.91 Å². The molecule has 0 radical (unpaired) electrons. The number of hydrogen-bond donors (Lipinski definition) is 2. The van der Waals surface area contributed by atoms with E-state index in [2.05, 4.69) is 10.0 Å². The largest absolute Gasteiger partial charge is 0.497 e. The van der Waals surface area contributed by atoms with Crippen LogP contribution in [-0.2, 0) is 26.5 Å². The van der Waals surface area contributed by atoms with Gasteiger partial charge in [-0.1, -0.05) is 0 Å². The summed E-state index contributed by atoms with van der Waals surface area (Å²) >= 11 is 0. The van der Waals surface area contributed by atoms with Crippen LogP contribution in [-0.4, -0.2) is 55.2 Å². The fourth-order valence-electron chi connectivity index (χ4n) is 3.55. The Morgan fingerprint density at radius 2 is 1.77 bits per heavy atom. The van der Waals surface area contributed by atoms with Gasteiger partial charge < -0.3 is 10.1 Å². The minimum absolute atomic E-state index is 0.0178. The molecule has 0 saturated carbocycles. The number of amides is 1. The summed E-state index contributed by atoms with van der Waals surface area (Å²) in [4.78, 5) is 12.5. The quantitative estimate of drug-likeness (QED) is 0.561. The van der Waals surface area contributed by atoms with Gasteiger partial charge in [-0.15, -0.1) is 0 Å². The molecule has 1 atom stereocenters. The molecule has 1 aliphatic rings. The van der Waals surface area contributed by atoms with Crippen LogP contribution in [0.4, 0.5) is 5.69 Å². The van der Waals surface area contributed by atoms with Gasteiger partial charge in [0, 0.05) is 24.7 Å². The van der Waals surface area contributed by atoms with Crippen LogP contribution in [0.5, 0.6) is 5.75 Å². The molecule has 2 aromatic carbocycles. The van der Waals surface area contributed by atoms with Crippen LogP contribution in [0.3, 0.4) is 0 Å². The molecule has 2 aromatic rings. The van der Waals surface area contributed by atoms with Crippen molar-refractivity contribution in [1.29, 1.82) is 0 Å². The van der Waals surface area contributed by atoms with Gasteiger partial charge >= 0.3 is 0 Å². The lowest BCUT2D eigenvalue weighted by molar-refractivity contribution is 0.0954. The van der Waals surface area contributed by atoms with E-state index in [1.54, 1.807) is 30.3 Å². The van der Waals surface area contributed by atoms with Gasteiger partial charge in [0.15, 0.2) is 0 Å². The number of fused-ring (bicyclic) bond motifs is 1. The Balaban J connectivity index is 1.57. The summed E-state index contributed by atoms with van der Waals surface area (Å²) in [7, 11) is -5.60. The number of rotatable bonds is 8. The molecule has 168 valence electrons. The first-order valence-electron chi connectivity index (χ1n) is 9.57. The normalized spacial score (nSPS) is 16.1. The van der Waals surface area contributed by atoms with E-state index in [4.69, 9.17) is 4.74 Å². The number of anilines is 1. The number of carbonyl (C=O) groups excluding carboxylic acids is 1. The van der Waals surface area contributed by atoms with Gasteiger partial charge in [-0.2, -0.15) is 0 Å². The summed E-state index contributed by atoms with van der Waals surface area (Å²) in [6, 6.07) is 10.6. The molecule has 11 heteroatoms. The average Bonchev–Trinajstić information content (AvgIpc) is 3.06. The van der Waals surface area contributed by atoms with Crippen LogP contribution in [0.1, 0.15) is 22.8 Å². The number of nitrogens with one attached hydrogen (secondary N) is 2. The van der Waals surface area contributed by atoms with Crippen LogP contribution in [0, 0.1) is 0 Å². The third-order valence-corrected chi connectivity index (χ3v) is 7.67. The molecule has 1 amide bonds. The number of sulfonamides is 2. The van der Waals surface area contributed by atoms with Crippen molar-refractivity contribution in [2.45, 2.75) is 24.3 Å². The molecule has 1 unspecified atom stereocenters. The van der Waals surface area contributed by atoms with Crippen molar-refractivity contribution in [1.82, 2.24) is 10.0 Å². The molecule has 0 saturated heterocycles. The van der Waals surface area contributed by atoms with Gasteiger partial charge in [-0.25, -0.2) is 21.6 Å². The molecule has 1 aliphatic heterocycles. The molecule has 0 spiro atoms. The molecule has 0 fully saturated rings. The maximum Gasteiger partial charge on any atom is 0.251 e. The fraction of sp³-hybridized carbons (Fsp3) is 0.350. The average molecular weight is 468 g/mol. The number of carbonyl (C=O) groups is 1. The lowest BCUT2D eigenvalue weighted by atomic mass is 10.1. The third kappa shape index (κ3) is 5.17. The summed E-state index contributed by atoms with van der Waals surface area (Å²) in [5.41, 5.74) is 1.75. The minimum atomic E-state index is -3.70. The predicted molar refractivity (Wildman–Crippen MR) is 117 cm³/mol. The van der Waals surface area contributed by atoms with E-state index in [1.807, 2.05) is 6.92 Å². The first-order chi connectivity index (χ1) is 14.5. The van der Waals surface area contributed by atoms with E-state index < -0.39 is 20.0 Å². The molecule has 0 aromatic heterocycles. The van der Waals surface area contributed by atoms with Crippen LogP contribution in [0.25, 0.3) is 0 Å². The monoisotopic (exact) mass is 467 g/mol. The number of ether oxygens (including phenoxy) is 1. The van der Waals surface area contributed by atoms with Crippen molar-refractivity contribution in [3.05, 3.63) is 53.6 Å². The molecule has 2 N–H and O–H groups in total. The SMILES string of the molecule is COc1ccc(S(=O)(=O)NCCNC(=O)c2ccc3c(c2)CC(C)N3S(C)(=O)=O)cc1. The van der Waals surface area contributed by atoms with E-state index >= 15 is 0 Å². The third-order valence-electron chi connectivity index (χ3n) is 4.92. The summed E-state index contributed by atoms with van der Waals surface area (Å²) in [6.07, 6.45) is 1.68. The Labute approximate surface area is 182 Å². The number of hydrogen-bond acceptors (Lipinski definition) is 6. The van der Waals surface area contributed by atoms with E-state index in [0.717, 1.165) is 11.8 Å². The molecule has 9 nitrogen and oxygen atoms in total. The van der Waals surface area contributed by atoms with Crippen molar-refractivity contribution in [2.75, 3.05) is 30.8 Å². The van der Waals surface area contributed by atoms with E-state index in [0.29, 0.717) is 23.4 Å². The van der Waals surface area contributed by atoms with Crippen molar-refractivity contribution < 1.29 is 26.4 Å². The van der Waals surface area contributed by atoms with Crippen molar-refractivity contribution >= 4 is 31.6 Å². The van der Waals surface area contributed by atoms with Crippen molar-refractivity contribution in [3.8, 4) is 5.75 Å². The highest BCUT2D eigenvalue weighted by molar-refractivity contribution is 7.92. The summed E-state index contributed by atoms with van der Waals surface area (Å²) < 4.78 is 57.4.